The van der Waals surface area contributed by atoms with Crippen molar-refractivity contribution in [2.45, 2.75) is 58.7 Å². The van der Waals surface area contributed by atoms with E-state index in [1.54, 1.807) is 13.8 Å². The summed E-state index contributed by atoms with van der Waals surface area (Å²) >= 11 is 0. The molecule has 0 unspecified atom stereocenters. The number of nitrogens with zero attached hydrogens (tertiary/aromatic N) is 1. The molecule has 3 nitrogen and oxygen atoms in total. The van der Waals surface area contributed by atoms with E-state index in [9.17, 15) is 18.0 Å². The van der Waals surface area contributed by atoms with Crippen LogP contribution in [0.25, 0.3) is 0 Å². The maximum Gasteiger partial charge on any atom is 0.406 e. The van der Waals surface area contributed by atoms with Crippen molar-refractivity contribution in [3.63, 3.8) is 0 Å². The van der Waals surface area contributed by atoms with Crippen LogP contribution in [-0.4, -0.2) is 36.1 Å². The summed E-state index contributed by atoms with van der Waals surface area (Å²) in [6.45, 7) is 4.25. The minimum atomic E-state index is -4.38. The zero-order valence-electron chi connectivity index (χ0n) is 12.5. The second-order valence-electron chi connectivity index (χ2n) is 6.31. The molecule has 1 saturated carbocycles. The molecular weight excluding hydrogens is 269 g/mol. The molecule has 6 heteroatoms. The summed E-state index contributed by atoms with van der Waals surface area (Å²) < 4.78 is 38.0. The number of alkyl halides is 3. The maximum atomic E-state index is 12.7. The third-order valence-corrected chi connectivity index (χ3v) is 4.31. The molecule has 0 atom stereocenters. The van der Waals surface area contributed by atoms with Crippen LogP contribution in [-0.2, 0) is 4.79 Å². The Bertz CT molecular complexity index is 334. The van der Waals surface area contributed by atoms with E-state index < -0.39 is 30.1 Å². The van der Waals surface area contributed by atoms with Crippen LogP contribution in [0.4, 0.5) is 13.2 Å². The van der Waals surface area contributed by atoms with Crippen molar-refractivity contribution in [2.75, 3.05) is 13.1 Å². The van der Waals surface area contributed by atoms with Crippen molar-refractivity contribution >= 4 is 5.91 Å². The molecule has 0 bridgehead atoms. The molecular formula is C14H25F3N2O. The van der Waals surface area contributed by atoms with Gasteiger partial charge in [0.2, 0.25) is 5.91 Å². The van der Waals surface area contributed by atoms with E-state index in [1.807, 2.05) is 0 Å². The molecule has 0 aromatic heterocycles. The van der Waals surface area contributed by atoms with Crippen molar-refractivity contribution in [1.82, 2.24) is 4.90 Å². The highest BCUT2D eigenvalue weighted by molar-refractivity contribution is 5.83. The molecule has 0 aromatic carbocycles. The summed E-state index contributed by atoms with van der Waals surface area (Å²) in [5, 5.41) is 0. The zero-order chi connectivity index (χ0) is 15.6. The zero-order valence-corrected chi connectivity index (χ0v) is 12.5. The molecule has 1 aliphatic carbocycles. The second kappa shape index (κ2) is 6.33. The quantitative estimate of drug-likeness (QED) is 0.866. The lowest BCUT2D eigenvalue weighted by molar-refractivity contribution is -0.172. The molecule has 118 valence electrons. The minimum Gasteiger partial charge on any atom is -0.331 e. The largest absolute Gasteiger partial charge is 0.406 e. The van der Waals surface area contributed by atoms with E-state index in [-0.39, 0.29) is 6.54 Å². The normalized spacial score (nSPS) is 27.7. The van der Waals surface area contributed by atoms with E-state index in [0.717, 1.165) is 17.7 Å². The average molecular weight is 294 g/mol. The minimum absolute atomic E-state index is 0.125. The highest BCUT2D eigenvalue weighted by atomic mass is 19.4. The third-order valence-electron chi connectivity index (χ3n) is 4.31. The standard InChI is InChI=1S/C14H25F3N2O/c1-10(2)19(9-14(15,16)17)12(20)13(8-18)6-4-11(3)5-7-13/h10-11H,4-9,18H2,1-3H3. The molecule has 0 saturated heterocycles. The van der Waals surface area contributed by atoms with Crippen LogP contribution in [0.5, 0.6) is 0 Å². The number of carbonyl (C=O) groups is 1. The van der Waals surface area contributed by atoms with Gasteiger partial charge in [0.25, 0.3) is 0 Å². The van der Waals surface area contributed by atoms with Gasteiger partial charge in [0.05, 0.1) is 5.41 Å². The fraction of sp³-hybridized carbons (Fsp3) is 0.929. The number of nitrogens with two attached hydrogens (primary N) is 1. The van der Waals surface area contributed by atoms with Gasteiger partial charge in [-0.05, 0) is 45.4 Å². The summed E-state index contributed by atoms with van der Waals surface area (Å²) in [4.78, 5) is 13.6. The summed E-state index contributed by atoms with van der Waals surface area (Å²) in [5.41, 5.74) is 4.95. The molecule has 0 aromatic rings. The number of halogens is 3. The Kier molecular flexibility index (Phi) is 5.46. The SMILES string of the molecule is CC1CCC(CN)(C(=O)N(CC(F)(F)F)C(C)C)CC1. The summed E-state index contributed by atoms with van der Waals surface area (Å²) in [6, 6.07) is -0.480. The maximum absolute atomic E-state index is 12.7. The predicted molar refractivity (Wildman–Crippen MR) is 72.0 cm³/mol. The lowest BCUT2D eigenvalue weighted by Gasteiger charge is -2.42. The van der Waals surface area contributed by atoms with E-state index in [1.165, 1.54) is 0 Å². The van der Waals surface area contributed by atoms with Crippen LogP contribution in [0.3, 0.4) is 0 Å². The Hall–Kier alpha value is -0.780. The van der Waals surface area contributed by atoms with Crippen LogP contribution in [0, 0.1) is 11.3 Å². The van der Waals surface area contributed by atoms with E-state index in [2.05, 4.69) is 6.92 Å². The van der Waals surface area contributed by atoms with Crippen molar-refractivity contribution in [3.8, 4) is 0 Å². The van der Waals surface area contributed by atoms with Gasteiger partial charge in [-0.15, -0.1) is 0 Å². The number of amides is 1. The van der Waals surface area contributed by atoms with E-state index in [4.69, 9.17) is 5.73 Å². The van der Waals surface area contributed by atoms with Crippen LogP contribution in [0.2, 0.25) is 0 Å². The van der Waals surface area contributed by atoms with Gasteiger partial charge in [0.1, 0.15) is 6.54 Å². The number of hydrogen-bond acceptors (Lipinski definition) is 2. The van der Waals surface area contributed by atoms with E-state index in [0.29, 0.717) is 18.8 Å². The molecule has 0 spiro atoms. The lowest BCUT2D eigenvalue weighted by atomic mass is 9.70. The van der Waals surface area contributed by atoms with Crippen LogP contribution in [0.15, 0.2) is 0 Å². The van der Waals surface area contributed by atoms with Crippen LogP contribution in [0.1, 0.15) is 46.5 Å². The molecule has 0 aliphatic heterocycles. The smallest absolute Gasteiger partial charge is 0.331 e. The van der Waals surface area contributed by atoms with Gasteiger partial charge in [-0.3, -0.25) is 4.79 Å². The number of carbonyl (C=O) groups excluding carboxylic acids is 1. The Morgan fingerprint density at radius 3 is 2.20 bits per heavy atom. The first-order valence-electron chi connectivity index (χ1n) is 7.19. The van der Waals surface area contributed by atoms with Crippen LogP contribution >= 0.6 is 0 Å². The Balaban J connectivity index is 2.92. The van der Waals surface area contributed by atoms with Crippen molar-refractivity contribution in [3.05, 3.63) is 0 Å². The highest BCUT2D eigenvalue weighted by Crippen LogP contribution is 2.40. The molecule has 1 aliphatic rings. The topological polar surface area (TPSA) is 46.3 Å². The Morgan fingerprint density at radius 1 is 1.35 bits per heavy atom. The first kappa shape index (κ1) is 17.3. The molecule has 1 fully saturated rings. The lowest BCUT2D eigenvalue weighted by Crippen LogP contribution is -2.54. The molecule has 2 N–H and O–H groups in total. The van der Waals surface area contributed by atoms with Gasteiger partial charge < -0.3 is 10.6 Å². The van der Waals surface area contributed by atoms with Gasteiger partial charge in [-0.25, -0.2) is 0 Å². The van der Waals surface area contributed by atoms with Crippen molar-refractivity contribution in [2.24, 2.45) is 17.1 Å². The van der Waals surface area contributed by atoms with E-state index >= 15 is 0 Å². The van der Waals surface area contributed by atoms with Crippen LogP contribution < -0.4 is 5.73 Å². The molecule has 0 heterocycles. The summed E-state index contributed by atoms with van der Waals surface area (Å²) in [6.07, 6.45) is -1.51. The fourth-order valence-electron chi connectivity index (χ4n) is 2.81. The number of rotatable bonds is 4. The number of hydrogen-bond donors (Lipinski definition) is 1. The Labute approximate surface area is 118 Å². The van der Waals surface area contributed by atoms with Gasteiger partial charge in [0, 0.05) is 12.6 Å². The summed E-state index contributed by atoms with van der Waals surface area (Å²) in [7, 11) is 0. The molecule has 0 radical (unpaired) electrons. The Morgan fingerprint density at radius 2 is 1.85 bits per heavy atom. The fourth-order valence-corrected chi connectivity index (χ4v) is 2.81. The van der Waals surface area contributed by atoms with Crippen molar-refractivity contribution < 1.29 is 18.0 Å². The van der Waals surface area contributed by atoms with Gasteiger partial charge in [-0.1, -0.05) is 6.92 Å². The first-order chi connectivity index (χ1) is 9.11. The predicted octanol–water partition coefficient (Wildman–Crippen LogP) is 2.94. The highest BCUT2D eigenvalue weighted by Gasteiger charge is 2.45. The molecule has 20 heavy (non-hydrogen) atoms. The average Bonchev–Trinajstić information content (AvgIpc) is 2.35. The monoisotopic (exact) mass is 294 g/mol. The first-order valence-corrected chi connectivity index (χ1v) is 7.19. The van der Waals surface area contributed by atoms with Gasteiger partial charge in [0.15, 0.2) is 0 Å². The van der Waals surface area contributed by atoms with Gasteiger partial charge in [-0.2, -0.15) is 13.2 Å². The third kappa shape index (κ3) is 4.11. The van der Waals surface area contributed by atoms with Gasteiger partial charge >= 0.3 is 6.18 Å². The molecule has 1 rings (SSSR count). The molecule has 1 amide bonds. The summed E-state index contributed by atoms with van der Waals surface area (Å²) in [5.74, 6) is 0.0804. The van der Waals surface area contributed by atoms with Crippen molar-refractivity contribution in [1.29, 1.82) is 0 Å². The second-order valence-corrected chi connectivity index (χ2v) is 6.31.